The molecule has 0 heterocycles. The molecule has 0 amide bonds. The summed E-state index contributed by atoms with van der Waals surface area (Å²) in [6.07, 6.45) is 0. The first-order chi connectivity index (χ1) is 6.78. The number of carbonyl (C=O) groups is 1. The second kappa shape index (κ2) is 3.69. The standard InChI is InChI=1S/C8H3ClF4O2/c9-5-3(8(12,13)7(14)15)1-2-4(10)6(5)11/h1-2H,(H,14,15). The summed E-state index contributed by atoms with van der Waals surface area (Å²) in [7, 11) is 0. The van der Waals surface area contributed by atoms with Gasteiger partial charge < -0.3 is 5.11 Å². The van der Waals surface area contributed by atoms with Crippen LogP contribution in [0.15, 0.2) is 12.1 Å². The molecule has 0 saturated heterocycles. The number of benzene rings is 1. The van der Waals surface area contributed by atoms with E-state index in [1.165, 1.54) is 0 Å². The summed E-state index contributed by atoms with van der Waals surface area (Å²) in [6.45, 7) is 0. The van der Waals surface area contributed by atoms with Gasteiger partial charge in [-0.05, 0) is 12.1 Å². The van der Waals surface area contributed by atoms with E-state index in [0.717, 1.165) is 0 Å². The molecule has 0 aromatic heterocycles. The van der Waals surface area contributed by atoms with Gasteiger partial charge in [0.25, 0.3) is 0 Å². The van der Waals surface area contributed by atoms with E-state index in [1.807, 2.05) is 0 Å². The summed E-state index contributed by atoms with van der Waals surface area (Å²) in [4.78, 5) is 10.1. The molecule has 1 rings (SSSR count). The Balaban J connectivity index is 3.40. The molecular weight excluding hydrogens is 240 g/mol. The first-order valence-corrected chi connectivity index (χ1v) is 3.91. The fourth-order valence-corrected chi connectivity index (χ4v) is 1.16. The van der Waals surface area contributed by atoms with Gasteiger partial charge in [-0.2, -0.15) is 8.78 Å². The van der Waals surface area contributed by atoms with E-state index in [2.05, 4.69) is 0 Å². The lowest BCUT2D eigenvalue weighted by atomic mass is 10.1. The first kappa shape index (κ1) is 11.8. The van der Waals surface area contributed by atoms with Gasteiger partial charge in [-0.1, -0.05) is 11.6 Å². The molecular formula is C8H3ClF4O2. The highest BCUT2D eigenvalue weighted by Gasteiger charge is 2.43. The SMILES string of the molecule is O=C(O)C(F)(F)c1ccc(F)c(F)c1Cl. The number of carboxylic acid groups (broad SMARTS) is 1. The number of aliphatic carboxylic acids is 1. The van der Waals surface area contributed by atoms with Crippen molar-refractivity contribution in [3.63, 3.8) is 0 Å². The van der Waals surface area contributed by atoms with Crippen LogP contribution in [0.5, 0.6) is 0 Å². The minimum Gasteiger partial charge on any atom is -0.477 e. The second-order valence-electron chi connectivity index (χ2n) is 2.60. The third-order valence-corrected chi connectivity index (χ3v) is 2.01. The maximum atomic E-state index is 12.9. The van der Waals surface area contributed by atoms with E-state index in [1.54, 1.807) is 0 Å². The zero-order valence-electron chi connectivity index (χ0n) is 6.90. The molecule has 1 N–H and O–H groups in total. The summed E-state index contributed by atoms with van der Waals surface area (Å²) in [6, 6.07) is 0.808. The van der Waals surface area contributed by atoms with E-state index < -0.39 is 34.1 Å². The lowest BCUT2D eigenvalue weighted by molar-refractivity contribution is -0.166. The molecule has 7 heteroatoms. The van der Waals surface area contributed by atoms with Crippen molar-refractivity contribution in [2.75, 3.05) is 0 Å². The fraction of sp³-hybridized carbons (Fsp3) is 0.125. The third kappa shape index (κ3) is 1.90. The van der Waals surface area contributed by atoms with Gasteiger partial charge in [0.15, 0.2) is 11.6 Å². The maximum absolute atomic E-state index is 12.9. The fourth-order valence-electron chi connectivity index (χ4n) is 0.884. The number of alkyl halides is 2. The van der Waals surface area contributed by atoms with Crippen LogP contribution < -0.4 is 0 Å². The molecule has 1 aromatic rings. The molecule has 0 aliphatic heterocycles. The summed E-state index contributed by atoms with van der Waals surface area (Å²) in [5, 5.41) is 6.92. The maximum Gasteiger partial charge on any atom is 0.379 e. The molecule has 0 bridgehead atoms. The van der Waals surface area contributed by atoms with Crippen molar-refractivity contribution in [3.05, 3.63) is 34.4 Å². The van der Waals surface area contributed by atoms with Crippen molar-refractivity contribution in [2.45, 2.75) is 5.92 Å². The van der Waals surface area contributed by atoms with Crippen LogP contribution in [0.4, 0.5) is 17.6 Å². The number of rotatable bonds is 2. The van der Waals surface area contributed by atoms with Crippen LogP contribution >= 0.6 is 11.6 Å². The number of hydrogen-bond donors (Lipinski definition) is 1. The number of carboxylic acids is 1. The van der Waals surface area contributed by atoms with Gasteiger partial charge >= 0.3 is 11.9 Å². The smallest absolute Gasteiger partial charge is 0.379 e. The zero-order valence-corrected chi connectivity index (χ0v) is 7.66. The Morgan fingerprint density at radius 3 is 2.33 bits per heavy atom. The van der Waals surface area contributed by atoms with Crippen LogP contribution in [-0.4, -0.2) is 11.1 Å². The van der Waals surface area contributed by atoms with Crippen LogP contribution in [0.25, 0.3) is 0 Å². The summed E-state index contributed by atoms with van der Waals surface area (Å²) in [5.74, 6) is -9.97. The second-order valence-corrected chi connectivity index (χ2v) is 2.98. The van der Waals surface area contributed by atoms with Crippen molar-refractivity contribution in [1.82, 2.24) is 0 Å². The average Bonchev–Trinajstić information content (AvgIpc) is 2.13. The highest BCUT2D eigenvalue weighted by molar-refractivity contribution is 6.31. The number of hydrogen-bond acceptors (Lipinski definition) is 1. The molecule has 0 saturated carbocycles. The van der Waals surface area contributed by atoms with Gasteiger partial charge in [-0.3, -0.25) is 0 Å². The lowest BCUT2D eigenvalue weighted by Gasteiger charge is -2.13. The zero-order chi connectivity index (χ0) is 11.8. The minimum atomic E-state index is -4.36. The Kier molecular flexibility index (Phi) is 2.90. The summed E-state index contributed by atoms with van der Waals surface area (Å²) in [5.41, 5.74) is -1.28. The third-order valence-electron chi connectivity index (χ3n) is 1.64. The van der Waals surface area contributed by atoms with Gasteiger partial charge in [0.05, 0.1) is 10.6 Å². The quantitative estimate of drug-likeness (QED) is 0.640. The Morgan fingerprint density at radius 2 is 1.87 bits per heavy atom. The van der Waals surface area contributed by atoms with E-state index in [9.17, 15) is 22.4 Å². The Bertz CT molecular complexity index is 419. The largest absolute Gasteiger partial charge is 0.477 e. The van der Waals surface area contributed by atoms with Gasteiger partial charge in [0, 0.05) is 0 Å². The van der Waals surface area contributed by atoms with E-state index >= 15 is 0 Å². The molecule has 0 atom stereocenters. The van der Waals surface area contributed by atoms with Crippen molar-refractivity contribution in [3.8, 4) is 0 Å². The molecule has 0 unspecified atom stereocenters. The predicted octanol–water partition coefficient (Wildman–Crippen LogP) is 2.79. The van der Waals surface area contributed by atoms with Gasteiger partial charge in [0.2, 0.25) is 0 Å². The first-order valence-electron chi connectivity index (χ1n) is 3.53. The molecule has 1 aromatic carbocycles. The van der Waals surface area contributed by atoms with Crippen molar-refractivity contribution < 1.29 is 27.5 Å². The van der Waals surface area contributed by atoms with Crippen molar-refractivity contribution >= 4 is 17.6 Å². The highest BCUT2D eigenvalue weighted by Crippen LogP contribution is 2.35. The van der Waals surface area contributed by atoms with E-state index in [-0.39, 0.29) is 0 Å². The summed E-state index contributed by atoms with van der Waals surface area (Å²) >= 11 is 5.07. The molecule has 2 nitrogen and oxygen atoms in total. The van der Waals surface area contributed by atoms with E-state index in [4.69, 9.17) is 16.7 Å². The topological polar surface area (TPSA) is 37.3 Å². The Hall–Kier alpha value is -1.30. The van der Waals surface area contributed by atoms with Crippen LogP contribution in [0.2, 0.25) is 5.02 Å². The van der Waals surface area contributed by atoms with Crippen LogP contribution in [0.3, 0.4) is 0 Å². The highest BCUT2D eigenvalue weighted by atomic mass is 35.5. The molecule has 0 radical (unpaired) electrons. The summed E-state index contributed by atoms with van der Waals surface area (Å²) < 4.78 is 51.0. The molecule has 82 valence electrons. The molecule has 0 aliphatic carbocycles. The van der Waals surface area contributed by atoms with Crippen LogP contribution in [-0.2, 0) is 10.7 Å². The predicted molar refractivity (Wildman–Crippen MR) is 42.9 cm³/mol. The molecule has 0 aliphatic rings. The van der Waals surface area contributed by atoms with Crippen LogP contribution in [0.1, 0.15) is 5.56 Å². The molecule has 0 fully saturated rings. The molecule has 15 heavy (non-hydrogen) atoms. The van der Waals surface area contributed by atoms with Crippen molar-refractivity contribution in [2.24, 2.45) is 0 Å². The van der Waals surface area contributed by atoms with Gasteiger partial charge in [-0.25, -0.2) is 13.6 Å². The monoisotopic (exact) mass is 242 g/mol. The Labute approximate surface area is 86.1 Å². The average molecular weight is 243 g/mol. The number of halogens is 5. The Morgan fingerprint density at radius 1 is 1.33 bits per heavy atom. The molecule has 0 spiro atoms. The van der Waals surface area contributed by atoms with Gasteiger partial charge in [-0.15, -0.1) is 0 Å². The van der Waals surface area contributed by atoms with E-state index in [0.29, 0.717) is 12.1 Å². The van der Waals surface area contributed by atoms with Crippen LogP contribution in [0, 0.1) is 11.6 Å². The minimum absolute atomic E-state index is 0.382. The lowest BCUT2D eigenvalue weighted by Crippen LogP contribution is -2.26. The van der Waals surface area contributed by atoms with Crippen molar-refractivity contribution in [1.29, 1.82) is 0 Å². The normalized spacial score (nSPS) is 11.5. The van der Waals surface area contributed by atoms with Gasteiger partial charge in [0.1, 0.15) is 0 Å².